The molecule has 1 aromatic rings. The quantitative estimate of drug-likeness (QED) is 0.697. The fourth-order valence-electron chi connectivity index (χ4n) is 2.79. The lowest BCUT2D eigenvalue weighted by molar-refractivity contribution is 0.0190. The Bertz CT molecular complexity index is 532. The van der Waals surface area contributed by atoms with E-state index in [1.54, 1.807) is 0 Å². The molecule has 0 aromatic heterocycles. The number of phenolic OH excluding ortho intramolecular Hbond substituents is 1. The Balaban J connectivity index is 2.07. The van der Waals surface area contributed by atoms with Crippen molar-refractivity contribution in [3.05, 3.63) is 17.7 Å². The molecule has 3 N–H and O–H groups in total. The summed E-state index contributed by atoms with van der Waals surface area (Å²) in [5.74, 6) is 0.0125. The van der Waals surface area contributed by atoms with E-state index in [0.717, 1.165) is 6.42 Å². The third-order valence-electron chi connectivity index (χ3n) is 3.78. The topological polar surface area (TPSA) is 82.0 Å². The number of ether oxygens (including phenoxy) is 1. The van der Waals surface area contributed by atoms with Crippen molar-refractivity contribution in [2.75, 3.05) is 19.0 Å². The first-order chi connectivity index (χ1) is 9.11. The van der Waals surface area contributed by atoms with Gasteiger partial charge in [0.2, 0.25) is 0 Å². The maximum atomic E-state index is 12.5. The average Bonchev–Trinajstić information content (AvgIpc) is 2.70. The molecule has 6 heteroatoms. The van der Waals surface area contributed by atoms with Gasteiger partial charge in [-0.15, -0.1) is 0 Å². The van der Waals surface area contributed by atoms with E-state index in [0.29, 0.717) is 24.2 Å². The van der Waals surface area contributed by atoms with Crippen molar-refractivity contribution in [3.63, 3.8) is 0 Å². The first-order valence-electron chi connectivity index (χ1n) is 6.27. The maximum Gasteiger partial charge on any atom is 0.258 e. The lowest BCUT2D eigenvalue weighted by Crippen LogP contribution is -2.42. The second kappa shape index (κ2) is 4.31. The Morgan fingerprint density at radius 2 is 2.21 bits per heavy atom. The highest BCUT2D eigenvalue weighted by molar-refractivity contribution is 6.01. The summed E-state index contributed by atoms with van der Waals surface area (Å²) in [7, 11) is 1.43. The van der Waals surface area contributed by atoms with Gasteiger partial charge >= 0.3 is 0 Å². The Kier molecular flexibility index (Phi) is 2.74. The number of aliphatic hydroxyl groups is 1. The van der Waals surface area contributed by atoms with Gasteiger partial charge in [-0.1, -0.05) is 0 Å². The number of aromatic hydroxyl groups is 1. The van der Waals surface area contributed by atoms with Crippen LogP contribution >= 0.6 is 0 Å². The number of phenols is 1. The zero-order chi connectivity index (χ0) is 13.6. The monoisotopic (exact) mass is 264 g/mol. The molecule has 19 heavy (non-hydrogen) atoms. The van der Waals surface area contributed by atoms with Crippen LogP contribution in [0.5, 0.6) is 11.5 Å². The van der Waals surface area contributed by atoms with Gasteiger partial charge in [-0.05, 0) is 18.9 Å². The smallest absolute Gasteiger partial charge is 0.258 e. The van der Waals surface area contributed by atoms with E-state index in [1.165, 1.54) is 24.1 Å². The fraction of sp³-hybridized carbons (Fsp3) is 0.462. The van der Waals surface area contributed by atoms with Crippen LogP contribution in [0.1, 0.15) is 23.2 Å². The molecule has 102 valence electrons. The predicted octanol–water partition coefficient (Wildman–Crippen LogP) is 0.749. The van der Waals surface area contributed by atoms with E-state index in [1.807, 2.05) is 0 Å². The fourth-order valence-corrected chi connectivity index (χ4v) is 2.79. The van der Waals surface area contributed by atoms with Crippen molar-refractivity contribution in [3.8, 4) is 11.5 Å². The molecule has 1 saturated heterocycles. The molecule has 2 atom stereocenters. The lowest BCUT2D eigenvalue weighted by atomic mass is 10.1. The molecule has 6 nitrogen and oxygen atoms in total. The summed E-state index contributed by atoms with van der Waals surface area (Å²) in [6, 6.07) is 2.98. The number of nitrogens with zero attached hydrogens (tertiary/aromatic N) is 1. The van der Waals surface area contributed by atoms with Crippen molar-refractivity contribution >= 4 is 11.6 Å². The van der Waals surface area contributed by atoms with Crippen LogP contribution in [-0.4, -0.2) is 46.9 Å². The van der Waals surface area contributed by atoms with Crippen molar-refractivity contribution in [2.45, 2.75) is 25.1 Å². The molecule has 2 aliphatic heterocycles. The first kappa shape index (κ1) is 12.1. The van der Waals surface area contributed by atoms with E-state index in [9.17, 15) is 15.0 Å². The van der Waals surface area contributed by atoms with Crippen LogP contribution in [0.15, 0.2) is 12.1 Å². The molecular formula is C13H16N2O4. The zero-order valence-corrected chi connectivity index (χ0v) is 10.6. The van der Waals surface area contributed by atoms with E-state index in [-0.39, 0.29) is 23.4 Å². The summed E-state index contributed by atoms with van der Waals surface area (Å²) in [6.07, 6.45) is 0.643. The van der Waals surface area contributed by atoms with Crippen LogP contribution < -0.4 is 10.1 Å². The average molecular weight is 264 g/mol. The highest BCUT2D eigenvalue weighted by atomic mass is 16.5. The summed E-state index contributed by atoms with van der Waals surface area (Å²) in [5, 5.41) is 22.8. The van der Waals surface area contributed by atoms with E-state index in [4.69, 9.17) is 4.74 Å². The van der Waals surface area contributed by atoms with E-state index >= 15 is 0 Å². The first-order valence-corrected chi connectivity index (χ1v) is 6.27. The van der Waals surface area contributed by atoms with Crippen LogP contribution in [0.2, 0.25) is 0 Å². The van der Waals surface area contributed by atoms with Gasteiger partial charge in [0.15, 0.2) is 11.5 Å². The molecule has 1 fully saturated rings. The molecule has 1 aromatic carbocycles. The normalized spacial score (nSPS) is 25.4. The number of methoxy groups -OCH3 is 1. The highest BCUT2D eigenvalue weighted by Crippen LogP contribution is 2.37. The zero-order valence-electron chi connectivity index (χ0n) is 10.6. The molecule has 1 amide bonds. The minimum absolute atomic E-state index is 0.0100. The standard InChI is InChI=1S/C13H16N2O4/c1-19-11-4-8-9(5-10(11)16)14-6-7-2-3-12(17)15(7)13(8)18/h4-5,7,12,14,16-17H,2-3,6H2,1H3/t7-,12-/m0/s1. The molecule has 0 unspecified atom stereocenters. The van der Waals surface area contributed by atoms with Gasteiger partial charge in [0.25, 0.3) is 5.91 Å². The minimum Gasteiger partial charge on any atom is -0.504 e. The molecule has 0 bridgehead atoms. The molecule has 2 heterocycles. The van der Waals surface area contributed by atoms with Crippen LogP contribution in [0.25, 0.3) is 0 Å². The van der Waals surface area contributed by atoms with Gasteiger partial charge in [0, 0.05) is 12.6 Å². The molecule has 0 saturated carbocycles. The Hall–Kier alpha value is -1.95. The molecular weight excluding hydrogens is 248 g/mol. The highest BCUT2D eigenvalue weighted by Gasteiger charge is 2.39. The number of anilines is 1. The van der Waals surface area contributed by atoms with Crippen LogP contribution in [-0.2, 0) is 0 Å². The Labute approximate surface area is 110 Å². The number of fused-ring (bicyclic) bond motifs is 2. The number of benzene rings is 1. The lowest BCUT2D eigenvalue weighted by Gasteiger charge is -2.25. The van der Waals surface area contributed by atoms with Gasteiger partial charge in [0.1, 0.15) is 6.23 Å². The SMILES string of the molecule is COc1cc2c(cc1O)NC[C@@H]1CC[C@H](O)N1C2=O. The number of hydrogen-bond acceptors (Lipinski definition) is 5. The van der Waals surface area contributed by atoms with E-state index < -0.39 is 6.23 Å². The molecule has 2 aliphatic rings. The van der Waals surface area contributed by atoms with E-state index in [2.05, 4.69) is 5.32 Å². The third kappa shape index (κ3) is 1.79. The summed E-state index contributed by atoms with van der Waals surface area (Å²) in [6.45, 7) is 0.571. The third-order valence-corrected chi connectivity index (χ3v) is 3.78. The van der Waals surface area contributed by atoms with Gasteiger partial charge < -0.3 is 25.2 Å². The number of carbonyl (C=O) groups is 1. The van der Waals surface area contributed by atoms with Crippen molar-refractivity contribution in [1.82, 2.24) is 4.90 Å². The maximum absolute atomic E-state index is 12.5. The summed E-state index contributed by atoms with van der Waals surface area (Å²) >= 11 is 0. The number of aliphatic hydroxyl groups excluding tert-OH is 1. The second-order valence-corrected chi connectivity index (χ2v) is 4.87. The summed E-state index contributed by atoms with van der Waals surface area (Å²) in [5.41, 5.74) is 0.989. The van der Waals surface area contributed by atoms with Crippen molar-refractivity contribution in [2.24, 2.45) is 0 Å². The number of carbonyl (C=O) groups excluding carboxylic acids is 1. The Morgan fingerprint density at radius 1 is 1.42 bits per heavy atom. The number of hydrogen-bond donors (Lipinski definition) is 3. The van der Waals surface area contributed by atoms with Gasteiger partial charge in [-0.2, -0.15) is 0 Å². The summed E-state index contributed by atoms with van der Waals surface area (Å²) < 4.78 is 5.03. The van der Waals surface area contributed by atoms with Crippen LogP contribution in [0, 0.1) is 0 Å². The Morgan fingerprint density at radius 3 is 2.95 bits per heavy atom. The van der Waals surface area contributed by atoms with Crippen molar-refractivity contribution < 1.29 is 19.7 Å². The number of rotatable bonds is 1. The molecule has 0 aliphatic carbocycles. The van der Waals surface area contributed by atoms with Gasteiger partial charge in [0.05, 0.1) is 24.4 Å². The number of amides is 1. The minimum atomic E-state index is -0.731. The molecule has 3 rings (SSSR count). The molecule has 0 spiro atoms. The second-order valence-electron chi connectivity index (χ2n) is 4.87. The largest absolute Gasteiger partial charge is 0.504 e. The van der Waals surface area contributed by atoms with Gasteiger partial charge in [-0.3, -0.25) is 4.79 Å². The van der Waals surface area contributed by atoms with Crippen molar-refractivity contribution in [1.29, 1.82) is 0 Å². The summed E-state index contributed by atoms with van der Waals surface area (Å²) in [4.78, 5) is 14.0. The predicted molar refractivity (Wildman–Crippen MR) is 68.3 cm³/mol. The van der Waals surface area contributed by atoms with Crippen LogP contribution in [0.4, 0.5) is 5.69 Å². The van der Waals surface area contributed by atoms with Gasteiger partial charge in [-0.25, -0.2) is 0 Å². The molecule has 0 radical (unpaired) electrons. The number of nitrogens with one attached hydrogen (secondary N) is 1. The van der Waals surface area contributed by atoms with Crippen LogP contribution in [0.3, 0.4) is 0 Å².